The van der Waals surface area contributed by atoms with Crippen LogP contribution >= 0.6 is 11.8 Å². The molecule has 0 bridgehead atoms. The zero-order chi connectivity index (χ0) is 42.2. The molecule has 0 saturated carbocycles. The van der Waals surface area contributed by atoms with E-state index in [9.17, 15) is 0 Å². The normalized spacial score (nSPS) is 13.1. The van der Waals surface area contributed by atoms with Gasteiger partial charge >= 0.3 is 0 Å². The Bertz CT molecular complexity index is 3520. The highest BCUT2D eigenvalue weighted by molar-refractivity contribution is 7.99. The predicted molar refractivity (Wildman–Crippen MR) is 263 cm³/mol. The maximum atomic E-state index is 5.46. The van der Waals surface area contributed by atoms with Gasteiger partial charge in [-0.3, -0.25) is 0 Å². The Hall–Kier alpha value is -7.92. The first-order valence-electron chi connectivity index (χ1n) is 21.8. The minimum Gasteiger partial charge on any atom is -0.247 e. The quantitative estimate of drug-likeness (QED) is 0.162. The van der Waals surface area contributed by atoms with Crippen molar-refractivity contribution in [3.63, 3.8) is 0 Å². The summed E-state index contributed by atoms with van der Waals surface area (Å²) in [6.45, 7) is 0. The van der Waals surface area contributed by atoms with E-state index in [4.69, 9.17) is 15.0 Å². The molecule has 3 nitrogen and oxygen atoms in total. The lowest BCUT2D eigenvalue weighted by Gasteiger charge is -2.40. The van der Waals surface area contributed by atoms with Crippen LogP contribution in [0.3, 0.4) is 0 Å². The molecule has 0 atom stereocenters. The summed E-state index contributed by atoms with van der Waals surface area (Å²) in [6, 6.07) is 80.8. The molecule has 298 valence electrons. The van der Waals surface area contributed by atoms with Crippen molar-refractivity contribution in [2.24, 2.45) is 0 Å². The van der Waals surface area contributed by atoms with Crippen molar-refractivity contribution < 1.29 is 0 Å². The van der Waals surface area contributed by atoms with Crippen LogP contribution in [0, 0.1) is 0 Å². The number of aromatic nitrogens is 3. The van der Waals surface area contributed by atoms with Crippen LogP contribution in [0.1, 0.15) is 22.3 Å². The van der Waals surface area contributed by atoms with Crippen LogP contribution in [-0.4, -0.2) is 15.0 Å². The molecule has 0 radical (unpaired) electrons. The standard InChI is InChI=1S/C60H37N3S/c1-3-15-40(16-4-1)54-37-55(63-59(62-54)43-17-5-2-6-18-43)41-31-27-38(28-32-41)39-29-33-42(34-30-39)58-48-35-52-57(36-47(48)46-21-9-13-25-53(46)61-58)64-56-26-14-12-24-51(56)60(52)49-22-10-7-19-44(49)45-20-8-11-23-50(45)60/h1-37H. The van der Waals surface area contributed by atoms with Gasteiger partial charge in [0.15, 0.2) is 5.82 Å². The molecule has 0 saturated heterocycles. The zero-order valence-corrected chi connectivity index (χ0v) is 35.4. The molecule has 1 aliphatic carbocycles. The fraction of sp³-hybridized carbons (Fsp3) is 0.0167. The van der Waals surface area contributed by atoms with Crippen molar-refractivity contribution in [3.05, 3.63) is 247 Å². The largest absolute Gasteiger partial charge is 0.247 e. The average Bonchev–Trinajstić information content (AvgIpc) is 3.66. The van der Waals surface area contributed by atoms with Crippen LogP contribution < -0.4 is 0 Å². The first-order valence-corrected chi connectivity index (χ1v) is 22.6. The molecule has 0 N–H and O–H groups in total. The topological polar surface area (TPSA) is 38.7 Å². The third-order valence-corrected chi connectivity index (χ3v) is 14.3. The molecule has 0 amide bonds. The Morgan fingerprint density at radius 3 is 1.50 bits per heavy atom. The van der Waals surface area contributed by atoms with Gasteiger partial charge in [0.1, 0.15) is 0 Å². The minimum atomic E-state index is -0.463. The van der Waals surface area contributed by atoms with E-state index >= 15 is 0 Å². The SMILES string of the molecule is c1ccc(-c2cc(-c3ccc(-c4ccc(-c5nc6ccccc6c6cc7c(cc56)C5(c6ccccc6S7)c6ccccc6-c6ccccc65)cc4)cc3)nc(-c3ccccc3)n2)cc1. The minimum absolute atomic E-state index is 0.463. The molecule has 2 aromatic heterocycles. The fourth-order valence-corrected chi connectivity index (χ4v) is 11.5. The number of hydrogen-bond acceptors (Lipinski definition) is 4. The van der Waals surface area contributed by atoms with Gasteiger partial charge in [0.25, 0.3) is 0 Å². The fourth-order valence-electron chi connectivity index (χ4n) is 10.2. The molecule has 11 aromatic rings. The molecule has 2 aliphatic rings. The number of hydrogen-bond donors (Lipinski definition) is 0. The summed E-state index contributed by atoms with van der Waals surface area (Å²) in [5, 5.41) is 3.54. The summed E-state index contributed by atoms with van der Waals surface area (Å²) in [7, 11) is 0. The Morgan fingerprint density at radius 1 is 0.312 bits per heavy atom. The van der Waals surface area contributed by atoms with E-state index in [-0.39, 0.29) is 0 Å². The van der Waals surface area contributed by atoms with Gasteiger partial charge in [-0.2, -0.15) is 0 Å². The summed E-state index contributed by atoms with van der Waals surface area (Å²) in [6.07, 6.45) is 0. The van der Waals surface area contributed by atoms with E-state index in [2.05, 4.69) is 188 Å². The highest BCUT2D eigenvalue weighted by Gasteiger charge is 2.50. The van der Waals surface area contributed by atoms with E-state index < -0.39 is 5.41 Å². The second-order valence-electron chi connectivity index (χ2n) is 16.7. The van der Waals surface area contributed by atoms with Crippen LogP contribution in [0.15, 0.2) is 234 Å². The van der Waals surface area contributed by atoms with Crippen LogP contribution in [0.25, 0.3) is 89.1 Å². The summed E-state index contributed by atoms with van der Waals surface area (Å²) in [4.78, 5) is 18.1. The lowest BCUT2D eigenvalue weighted by molar-refractivity contribution is 0.724. The molecular formula is C60H37N3S. The third kappa shape index (κ3) is 5.66. The second kappa shape index (κ2) is 14.6. The van der Waals surface area contributed by atoms with Crippen molar-refractivity contribution in [1.82, 2.24) is 15.0 Å². The van der Waals surface area contributed by atoms with Gasteiger partial charge in [-0.15, -0.1) is 0 Å². The molecule has 4 heteroatoms. The molecule has 13 rings (SSSR count). The molecule has 9 aromatic carbocycles. The number of nitrogens with zero attached hydrogens (tertiary/aromatic N) is 3. The van der Waals surface area contributed by atoms with Gasteiger partial charge in [-0.25, -0.2) is 15.0 Å². The van der Waals surface area contributed by atoms with Crippen molar-refractivity contribution in [1.29, 1.82) is 0 Å². The number of benzene rings is 9. The van der Waals surface area contributed by atoms with Crippen LogP contribution in [0.5, 0.6) is 0 Å². The monoisotopic (exact) mass is 831 g/mol. The molecule has 0 unspecified atom stereocenters. The van der Waals surface area contributed by atoms with Gasteiger partial charge in [-0.1, -0.05) is 206 Å². The average molecular weight is 832 g/mol. The number of fused-ring (bicyclic) bond motifs is 12. The van der Waals surface area contributed by atoms with Gasteiger partial charge in [-0.05, 0) is 80.2 Å². The van der Waals surface area contributed by atoms with Crippen LogP contribution in [-0.2, 0) is 5.41 Å². The lowest BCUT2D eigenvalue weighted by Crippen LogP contribution is -2.32. The van der Waals surface area contributed by atoms with Gasteiger partial charge in [0, 0.05) is 42.8 Å². The van der Waals surface area contributed by atoms with Gasteiger partial charge < -0.3 is 0 Å². The first-order chi connectivity index (χ1) is 31.7. The van der Waals surface area contributed by atoms with E-state index in [0.29, 0.717) is 5.82 Å². The maximum Gasteiger partial charge on any atom is 0.160 e. The summed E-state index contributed by atoms with van der Waals surface area (Å²) >= 11 is 1.89. The van der Waals surface area contributed by atoms with Crippen molar-refractivity contribution in [3.8, 4) is 67.4 Å². The third-order valence-electron chi connectivity index (χ3n) is 13.2. The van der Waals surface area contributed by atoms with Crippen LogP contribution in [0.2, 0.25) is 0 Å². The molecule has 0 fully saturated rings. The summed E-state index contributed by atoms with van der Waals surface area (Å²) in [5.74, 6) is 0.712. The van der Waals surface area contributed by atoms with Gasteiger partial charge in [0.2, 0.25) is 0 Å². The Morgan fingerprint density at radius 2 is 0.828 bits per heavy atom. The Labute approximate surface area is 375 Å². The molecule has 64 heavy (non-hydrogen) atoms. The maximum absolute atomic E-state index is 5.46. The predicted octanol–water partition coefficient (Wildman–Crippen LogP) is 15.3. The zero-order valence-electron chi connectivity index (χ0n) is 34.6. The van der Waals surface area contributed by atoms with E-state index in [1.165, 1.54) is 48.6 Å². The lowest BCUT2D eigenvalue weighted by atomic mass is 9.67. The number of rotatable bonds is 5. The van der Waals surface area contributed by atoms with E-state index in [1.54, 1.807) is 0 Å². The van der Waals surface area contributed by atoms with Crippen molar-refractivity contribution in [2.45, 2.75) is 15.2 Å². The molecule has 1 aliphatic heterocycles. The van der Waals surface area contributed by atoms with Crippen LogP contribution in [0.4, 0.5) is 0 Å². The molecule has 3 heterocycles. The number of para-hydroxylation sites is 1. The molecule has 1 spiro atoms. The Balaban J connectivity index is 0.928. The Kier molecular flexibility index (Phi) is 8.37. The van der Waals surface area contributed by atoms with Crippen molar-refractivity contribution >= 4 is 33.4 Å². The van der Waals surface area contributed by atoms with E-state index in [1.807, 2.05) is 48.2 Å². The summed E-state index contributed by atoms with van der Waals surface area (Å²) < 4.78 is 0. The molecular weight excluding hydrogens is 795 g/mol. The highest BCUT2D eigenvalue weighted by Crippen LogP contribution is 2.62. The summed E-state index contributed by atoms with van der Waals surface area (Å²) in [5.41, 5.74) is 17.7. The highest BCUT2D eigenvalue weighted by atomic mass is 32.2. The van der Waals surface area contributed by atoms with Crippen molar-refractivity contribution in [2.75, 3.05) is 0 Å². The first kappa shape index (κ1) is 36.7. The smallest absolute Gasteiger partial charge is 0.160 e. The van der Waals surface area contributed by atoms with E-state index in [0.717, 1.165) is 66.8 Å². The van der Waals surface area contributed by atoms with Gasteiger partial charge in [0.05, 0.1) is 28.0 Å². The second-order valence-corrected chi connectivity index (χ2v) is 17.7. The number of pyridine rings is 1.